The molecule has 0 heterocycles. The number of hydrogen-bond donors (Lipinski definition) is 1. The Balaban J connectivity index is 2.21. The quantitative estimate of drug-likeness (QED) is 0.813. The largest absolute Gasteiger partial charge is 0.497 e. The Kier molecular flexibility index (Phi) is 5.01. The van der Waals surface area contributed by atoms with Gasteiger partial charge in [0.1, 0.15) is 11.6 Å². The Bertz CT molecular complexity index is 571. The van der Waals surface area contributed by atoms with Gasteiger partial charge in [0.25, 0.3) is 0 Å². The van der Waals surface area contributed by atoms with Crippen molar-refractivity contribution in [2.45, 2.75) is 19.4 Å². The molecule has 0 aliphatic carbocycles. The van der Waals surface area contributed by atoms with Crippen molar-refractivity contribution in [3.63, 3.8) is 0 Å². The fourth-order valence-corrected chi connectivity index (χ4v) is 2.55. The second-order valence-corrected chi connectivity index (χ2v) is 5.45. The summed E-state index contributed by atoms with van der Waals surface area (Å²) in [5.41, 5.74) is 2.03. The lowest BCUT2D eigenvalue weighted by molar-refractivity contribution is 0.414. The zero-order valence-corrected chi connectivity index (χ0v) is 13.1. The Labute approximate surface area is 127 Å². The zero-order valence-electron chi connectivity index (χ0n) is 11.5. The van der Waals surface area contributed by atoms with E-state index in [2.05, 4.69) is 28.2 Å². The Morgan fingerprint density at radius 1 is 1.20 bits per heavy atom. The van der Waals surface area contributed by atoms with Crippen molar-refractivity contribution >= 4 is 21.6 Å². The van der Waals surface area contributed by atoms with Crippen LogP contribution in [0.5, 0.6) is 5.75 Å². The van der Waals surface area contributed by atoms with Crippen molar-refractivity contribution in [1.29, 1.82) is 0 Å². The second-order valence-electron chi connectivity index (χ2n) is 4.54. The number of halogens is 2. The molecule has 1 N–H and O–H groups in total. The first-order valence-electron chi connectivity index (χ1n) is 6.49. The SMILES string of the molecule is CCC(Nc1cc(Br)cc(OC)c1)c1ccc(F)cc1. The third-order valence-electron chi connectivity index (χ3n) is 3.13. The molecule has 1 atom stereocenters. The molecular weight excluding hydrogens is 321 g/mol. The van der Waals surface area contributed by atoms with E-state index in [1.165, 1.54) is 12.1 Å². The molecule has 0 radical (unpaired) electrons. The van der Waals surface area contributed by atoms with E-state index >= 15 is 0 Å². The maximum absolute atomic E-state index is 13.0. The van der Waals surface area contributed by atoms with Gasteiger partial charge in [0.2, 0.25) is 0 Å². The van der Waals surface area contributed by atoms with Crippen LogP contribution in [0, 0.1) is 5.82 Å². The standard InChI is InChI=1S/C16H17BrFNO/c1-3-16(11-4-6-13(18)7-5-11)19-14-8-12(17)9-15(10-14)20-2/h4-10,16,19H,3H2,1-2H3. The summed E-state index contributed by atoms with van der Waals surface area (Å²) in [5, 5.41) is 3.45. The van der Waals surface area contributed by atoms with Gasteiger partial charge in [-0.2, -0.15) is 0 Å². The lowest BCUT2D eigenvalue weighted by Crippen LogP contribution is -2.09. The van der Waals surface area contributed by atoms with Gasteiger partial charge in [0, 0.05) is 16.2 Å². The minimum absolute atomic E-state index is 0.134. The molecule has 2 aromatic carbocycles. The molecule has 0 saturated carbocycles. The van der Waals surface area contributed by atoms with Crippen LogP contribution in [0.15, 0.2) is 46.9 Å². The Hall–Kier alpha value is -1.55. The molecule has 0 saturated heterocycles. The number of hydrogen-bond acceptors (Lipinski definition) is 2. The maximum Gasteiger partial charge on any atom is 0.123 e. The van der Waals surface area contributed by atoms with Crippen molar-refractivity contribution in [3.05, 3.63) is 58.3 Å². The first kappa shape index (κ1) is 14.9. The minimum atomic E-state index is -0.215. The van der Waals surface area contributed by atoms with Gasteiger partial charge in [0.15, 0.2) is 0 Å². The highest BCUT2D eigenvalue weighted by atomic mass is 79.9. The highest BCUT2D eigenvalue weighted by molar-refractivity contribution is 9.10. The van der Waals surface area contributed by atoms with Gasteiger partial charge >= 0.3 is 0 Å². The molecule has 20 heavy (non-hydrogen) atoms. The van der Waals surface area contributed by atoms with Gasteiger partial charge in [-0.15, -0.1) is 0 Å². The van der Waals surface area contributed by atoms with Crippen LogP contribution in [0.2, 0.25) is 0 Å². The van der Waals surface area contributed by atoms with Gasteiger partial charge in [-0.05, 0) is 36.2 Å². The van der Waals surface area contributed by atoms with Crippen molar-refractivity contribution in [3.8, 4) is 5.75 Å². The van der Waals surface area contributed by atoms with Gasteiger partial charge < -0.3 is 10.1 Å². The topological polar surface area (TPSA) is 21.3 Å². The van der Waals surface area contributed by atoms with E-state index in [0.717, 1.165) is 27.9 Å². The summed E-state index contributed by atoms with van der Waals surface area (Å²) in [6, 6.07) is 12.6. The molecule has 0 spiro atoms. The lowest BCUT2D eigenvalue weighted by atomic mass is 10.0. The molecule has 0 amide bonds. The van der Waals surface area contributed by atoms with Crippen LogP contribution in [0.1, 0.15) is 24.9 Å². The zero-order chi connectivity index (χ0) is 14.5. The molecule has 0 fully saturated rings. The predicted octanol–water partition coefficient (Wildman–Crippen LogP) is 5.16. The monoisotopic (exact) mass is 337 g/mol. The van der Waals surface area contributed by atoms with Crippen molar-refractivity contribution in [2.75, 3.05) is 12.4 Å². The highest BCUT2D eigenvalue weighted by Crippen LogP contribution is 2.28. The molecule has 2 aromatic rings. The minimum Gasteiger partial charge on any atom is -0.497 e. The average molecular weight is 338 g/mol. The summed E-state index contributed by atoms with van der Waals surface area (Å²) >= 11 is 3.46. The van der Waals surface area contributed by atoms with Gasteiger partial charge in [-0.1, -0.05) is 35.0 Å². The first-order chi connectivity index (χ1) is 9.62. The van der Waals surface area contributed by atoms with Crippen molar-refractivity contribution < 1.29 is 9.13 Å². The maximum atomic E-state index is 13.0. The molecular formula is C16H17BrFNO. The van der Waals surface area contributed by atoms with Crippen LogP contribution in [0.3, 0.4) is 0 Å². The summed E-state index contributed by atoms with van der Waals surface area (Å²) in [4.78, 5) is 0. The molecule has 4 heteroatoms. The summed E-state index contributed by atoms with van der Waals surface area (Å²) in [7, 11) is 1.64. The third kappa shape index (κ3) is 3.73. The van der Waals surface area contributed by atoms with E-state index in [-0.39, 0.29) is 11.9 Å². The van der Waals surface area contributed by atoms with E-state index in [9.17, 15) is 4.39 Å². The number of anilines is 1. The number of methoxy groups -OCH3 is 1. The van der Waals surface area contributed by atoms with Gasteiger partial charge in [-0.25, -0.2) is 4.39 Å². The smallest absolute Gasteiger partial charge is 0.123 e. The summed E-state index contributed by atoms with van der Waals surface area (Å²) < 4.78 is 19.2. The first-order valence-corrected chi connectivity index (χ1v) is 7.28. The van der Waals surface area contributed by atoms with Crippen LogP contribution in [0.25, 0.3) is 0 Å². The van der Waals surface area contributed by atoms with Crippen molar-refractivity contribution in [1.82, 2.24) is 0 Å². The number of ether oxygens (including phenoxy) is 1. The Morgan fingerprint density at radius 3 is 2.50 bits per heavy atom. The molecule has 2 rings (SSSR count). The van der Waals surface area contributed by atoms with E-state index in [4.69, 9.17) is 4.74 Å². The number of benzene rings is 2. The molecule has 0 bridgehead atoms. The number of nitrogens with one attached hydrogen (secondary N) is 1. The molecule has 2 nitrogen and oxygen atoms in total. The van der Waals surface area contributed by atoms with Crippen LogP contribution >= 0.6 is 15.9 Å². The van der Waals surface area contributed by atoms with E-state index in [1.807, 2.05) is 30.3 Å². The van der Waals surface area contributed by atoms with E-state index in [0.29, 0.717) is 0 Å². The summed E-state index contributed by atoms with van der Waals surface area (Å²) in [5.74, 6) is 0.573. The van der Waals surface area contributed by atoms with Crippen LogP contribution < -0.4 is 10.1 Å². The fraction of sp³-hybridized carbons (Fsp3) is 0.250. The molecule has 106 valence electrons. The highest BCUT2D eigenvalue weighted by Gasteiger charge is 2.10. The second kappa shape index (κ2) is 6.75. The normalized spacial score (nSPS) is 12.0. The van der Waals surface area contributed by atoms with E-state index in [1.54, 1.807) is 7.11 Å². The molecule has 1 unspecified atom stereocenters. The lowest BCUT2D eigenvalue weighted by Gasteiger charge is -2.19. The van der Waals surface area contributed by atoms with Crippen LogP contribution in [-0.4, -0.2) is 7.11 Å². The van der Waals surface area contributed by atoms with Crippen LogP contribution in [-0.2, 0) is 0 Å². The predicted molar refractivity (Wildman–Crippen MR) is 83.7 cm³/mol. The summed E-state index contributed by atoms with van der Waals surface area (Å²) in [6.07, 6.45) is 0.903. The van der Waals surface area contributed by atoms with Gasteiger partial charge in [-0.3, -0.25) is 0 Å². The van der Waals surface area contributed by atoms with Crippen LogP contribution in [0.4, 0.5) is 10.1 Å². The molecule has 0 aliphatic heterocycles. The average Bonchev–Trinajstić information content (AvgIpc) is 2.45. The summed E-state index contributed by atoms with van der Waals surface area (Å²) in [6.45, 7) is 2.09. The van der Waals surface area contributed by atoms with Crippen molar-refractivity contribution in [2.24, 2.45) is 0 Å². The number of rotatable bonds is 5. The molecule has 0 aromatic heterocycles. The molecule has 0 aliphatic rings. The third-order valence-corrected chi connectivity index (χ3v) is 3.59. The Morgan fingerprint density at radius 2 is 1.90 bits per heavy atom. The fourth-order valence-electron chi connectivity index (χ4n) is 2.08. The van der Waals surface area contributed by atoms with Gasteiger partial charge in [0.05, 0.1) is 13.2 Å². The van der Waals surface area contributed by atoms with E-state index < -0.39 is 0 Å².